The highest BCUT2D eigenvalue weighted by molar-refractivity contribution is 6.05. The summed E-state index contributed by atoms with van der Waals surface area (Å²) in [5.41, 5.74) is 2.51. The lowest BCUT2D eigenvalue weighted by atomic mass is 10.1. The number of anilines is 1. The van der Waals surface area contributed by atoms with E-state index in [0.29, 0.717) is 11.4 Å². The average molecular weight is 274 g/mol. The van der Waals surface area contributed by atoms with Crippen molar-refractivity contribution in [3.05, 3.63) is 50.7 Å². The fraction of sp³-hybridized carbons (Fsp3) is 0.231. The van der Waals surface area contributed by atoms with Gasteiger partial charge in [0, 0.05) is 29.0 Å². The molecule has 0 spiro atoms. The Hall–Kier alpha value is -2.70. The maximum absolute atomic E-state index is 12.2. The molecule has 1 aromatic heterocycles. The summed E-state index contributed by atoms with van der Waals surface area (Å²) in [5, 5.41) is 20.2. The Bertz CT molecular complexity index is 691. The number of nitro benzene ring substituents is 1. The zero-order valence-corrected chi connectivity index (χ0v) is 11.4. The van der Waals surface area contributed by atoms with Gasteiger partial charge in [-0.3, -0.25) is 20.0 Å². The third kappa shape index (κ3) is 2.51. The molecular formula is C13H14N4O3. The molecule has 0 atom stereocenters. The third-order valence-electron chi connectivity index (χ3n) is 3.16. The molecule has 7 nitrogen and oxygen atoms in total. The minimum atomic E-state index is -0.528. The monoisotopic (exact) mass is 274 g/mol. The van der Waals surface area contributed by atoms with Crippen LogP contribution in [0.3, 0.4) is 0 Å². The van der Waals surface area contributed by atoms with Gasteiger partial charge in [-0.05, 0) is 26.3 Å². The van der Waals surface area contributed by atoms with Crippen LogP contribution in [0.25, 0.3) is 0 Å². The highest BCUT2D eigenvalue weighted by Crippen LogP contribution is 2.20. The van der Waals surface area contributed by atoms with Crippen LogP contribution in [0, 0.1) is 30.9 Å². The SMILES string of the molecule is Cc1ccc([N+](=O)[O-])cc1C(=O)Nc1n[nH]c(C)c1C. The van der Waals surface area contributed by atoms with Crippen LogP contribution in [0.1, 0.15) is 27.2 Å². The number of aromatic amines is 1. The average Bonchev–Trinajstić information content (AvgIpc) is 2.71. The summed E-state index contributed by atoms with van der Waals surface area (Å²) >= 11 is 0. The van der Waals surface area contributed by atoms with Gasteiger partial charge in [0.05, 0.1) is 4.92 Å². The van der Waals surface area contributed by atoms with Crippen LogP contribution in [0.5, 0.6) is 0 Å². The van der Waals surface area contributed by atoms with Gasteiger partial charge in [0.15, 0.2) is 5.82 Å². The molecule has 0 unspecified atom stereocenters. The summed E-state index contributed by atoms with van der Waals surface area (Å²) in [4.78, 5) is 22.4. The summed E-state index contributed by atoms with van der Waals surface area (Å²) in [6.07, 6.45) is 0. The standard InChI is InChI=1S/C13H14N4O3/c1-7-4-5-10(17(19)20)6-11(7)13(18)14-12-8(2)9(3)15-16-12/h4-6H,1-3H3,(H2,14,15,16,18). The van der Waals surface area contributed by atoms with Crippen molar-refractivity contribution in [2.75, 3.05) is 5.32 Å². The number of nitrogens with one attached hydrogen (secondary N) is 2. The number of aryl methyl sites for hydroxylation is 2. The van der Waals surface area contributed by atoms with E-state index in [0.717, 1.165) is 11.3 Å². The summed E-state index contributed by atoms with van der Waals surface area (Å²) in [6.45, 7) is 5.40. The van der Waals surface area contributed by atoms with Gasteiger partial charge in [-0.25, -0.2) is 0 Å². The highest BCUT2D eigenvalue weighted by atomic mass is 16.6. The van der Waals surface area contributed by atoms with Crippen LogP contribution in [0.2, 0.25) is 0 Å². The third-order valence-corrected chi connectivity index (χ3v) is 3.16. The minimum Gasteiger partial charge on any atom is -0.305 e. The van der Waals surface area contributed by atoms with E-state index in [1.54, 1.807) is 13.0 Å². The normalized spacial score (nSPS) is 10.3. The van der Waals surface area contributed by atoms with Gasteiger partial charge < -0.3 is 5.32 Å². The molecule has 104 valence electrons. The molecule has 0 fully saturated rings. The van der Waals surface area contributed by atoms with Gasteiger partial charge in [-0.15, -0.1) is 0 Å². The van der Waals surface area contributed by atoms with Gasteiger partial charge in [0.1, 0.15) is 0 Å². The van der Waals surface area contributed by atoms with Crippen molar-refractivity contribution >= 4 is 17.4 Å². The lowest BCUT2D eigenvalue weighted by molar-refractivity contribution is -0.384. The lowest BCUT2D eigenvalue weighted by Gasteiger charge is -2.06. The number of rotatable bonds is 3. The van der Waals surface area contributed by atoms with Crippen molar-refractivity contribution in [3.8, 4) is 0 Å². The van der Waals surface area contributed by atoms with E-state index in [2.05, 4.69) is 15.5 Å². The predicted octanol–water partition coefficient (Wildman–Crippen LogP) is 2.50. The second kappa shape index (κ2) is 5.12. The number of nitro groups is 1. The number of hydrogen-bond acceptors (Lipinski definition) is 4. The van der Waals surface area contributed by atoms with Crippen LogP contribution < -0.4 is 5.32 Å². The zero-order chi connectivity index (χ0) is 14.9. The lowest BCUT2D eigenvalue weighted by Crippen LogP contribution is -2.14. The number of hydrogen-bond donors (Lipinski definition) is 2. The van der Waals surface area contributed by atoms with E-state index in [4.69, 9.17) is 0 Å². The number of carbonyl (C=O) groups is 1. The molecule has 0 radical (unpaired) electrons. The summed E-state index contributed by atoms with van der Waals surface area (Å²) < 4.78 is 0. The molecule has 2 N–H and O–H groups in total. The molecule has 0 bridgehead atoms. The second-order valence-electron chi connectivity index (χ2n) is 4.53. The van der Waals surface area contributed by atoms with Crippen molar-refractivity contribution in [2.24, 2.45) is 0 Å². The first-order valence-electron chi connectivity index (χ1n) is 5.98. The quantitative estimate of drug-likeness (QED) is 0.663. The van der Waals surface area contributed by atoms with E-state index in [1.165, 1.54) is 12.1 Å². The molecular weight excluding hydrogens is 260 g/mol. The maximum atomic E-state index is 12.2. The summed E-state index contributed by atoms with van der Waals surface area (Å²) in [6, 6.07) is 4.19. The predicted molar refractivity (Wildman–Crippen MR) is 73.8 cm³/mol. The smallest absolute Gasteiger partial charge is 0.270 e. The first kappa shape index (κ1) is 13.7. The summed E-state index contributed by atoms with van der Waals surface area (Å²) in [7, 11) is 0. The van der Waals surface area contributed by atoms with E-state index in [9.17, 15) is 14.9 Å². The van der Waals surface area contributed by atoms with Crippen molar-refractivity contribution in [2.45, 2.75) is 20.8 Å². The van der Waals surface area contributed by atoms with Gasteiger partial charge in [0.25, 0.3) is 11.6 Å². The van der Waals surface area contributed by atoms with Crippen LogP contribution in [0.4, 0.5) is 11.5 Å². The van der Waals surface area contributed by atoms with Gasteiger partial charge >= 0.3 is 0 Å². The number of amides is 1. The molecule has 2 aromatic rings. The number of non-ortho nitro benzene ring substituents is 1. The zero-order valence-electron chi connectivity index (χ0n) is 11.4. The van der Waals surface area contributed by atoms with Crippen molar-refractivity contribution in [3.63, 3.8) is 0 Å². The second-order valence-corrected chi connectivity index (χ2v) is 4.53. The number of carbonyl (C=O) groups excluding carboxylic acids is 1. The molecule has 0 saturated carbocycles. The highest BCUT2D eigenvalue weighted by Gasteiger charge is 2.16. The van der Waals surface area contributed by atoms with Gasteiger partial charge in [-0.2, -0.15) is 5.10 Å². The molecule has 1 aromatic carbocycles. The maximum Gasteiger partial charge on any atom is 0.270 e. The van der Waals surface area contributed by atoms with Crippen LogP contribution >= 0.6 is 0 Å². The molecule has 0 aliphatic heterocycles. The molecule has 20 heavy (non-hydrogen) atoms. The Morgan fingerprint density at radius 3 is 2.60 bits per heavy atom. The number of aromatic nitrogens is 2. The molecule has 0 aliphatic carbocycles. The Morgan fingerprint density at radius 2 is 2.05 bits per heavy atom. The van der Waals surface area contributed by atoms with Crippen molar-refractivity contribution in [1.82, 2.24) is 10.2 Å². The first-order chi connectivity index (χ1) is 9.40. The van der Waals surface area contributed by atoms with Crippen LogP contribution in [-0.4, -0.2) is 21.0 Å². The summed E-state index contributed by atoms with van der Waals surface area (Å²) in [5.74, 6) is 0.0132. The fourth-order valence-corrected chi connectivity index (χ4v) is 1.75. The number of nitrogens with zero attached hydrogens (tertiary/aromatic N) is 2. The fourth-order valence-electron chi connectivity index (χ4n) is 1.75. The van der Waals surface area contributed by atoms with E-state index in [-0.39, 0.29) is 11.3 Å². The van der Waals surface area contributed by atoms with E-state index >= 15 is 0 Å². The molecule has 2 rings (SSSR count). The topological polar surface area (TPSA) is 101 Å². The Morgan fingerprint density at radius 1 is 1.35 bits per heavy atom. The number of benzene rings is 1. The largest absolute Gasteiger partial charge is 0.305 e. The Kier molecular flexibility index (Phi) is 3.51. The molecule has 1 heterocycles. The van der Waals surface area contributed by atoms with E-state index in [1.807, 2.05) is 13.8 Å². The van der Waals surface area contributed by atoms with Crippen LogP contribution in [0.15, 0.2) is 18.2 Å². The van der Waals surface area contributed by atoms with E-state index < -0.39 is 10.8 Å². The van der Waals surface area contributed by atoms with Crippen molar-refractivity contribution in [1.29, 1.82) is 0 Å². The Labute approximate surface area is 115 Å². The Balaban J connectivity index is 2.31. The molecule has 7 heteroatoms. The molecule has 1 amide bonds. The van der Waals surface area contributed by atoms with Gasteiger partial charge in [0.2, 0.25) is 0 Å². The van der Waals surface area contributed by atoms with Crippen molar-refractivity contribution < 1.29 is 9.72 Å². The first-order valence-corrected chi connectivity index (χ1v) is 5.98. The van der Waals surface area contributed by atoms with Gasteiger partial charge in [-0.1, -0.05) is 6.07 Å². The molecule has 0 saturated heterocycles. The minimum absolute atomic E-state index is 0.115. The molecule has 0 aliphatic rings. The van der Waals surface area contributed by atoms with Crippen LogP contribution in [-0.2, 0) is 0 Å². The number of H-pyrrole nitrogens is 1.